The molecule has 0 fully saturated rings. The maximum atomic E-state index is 13.2. The van der Waals surface area contributed by atoms with Crippen LogP contribution in [0.2, 0.25) is 0 Å². The van der Waals surface area contributed by atoms with Crippen LogP contribution in [0.3, 0.4) is 0 Å². The minimum absolute atomic E-state index is 0.114. The molecular weight excluding hydrogens is 309 g/mol. The summed E-state index contributed by atoms with van der Waals surface area (Å²) < 4.78 is 36.0. The van der Waals surface area contributed by atoms with Crippen LogP contribution in [0, 0.1) is 5.82 Å². The Labute approximate surface area is 109 Å². The molecule has 0 saturated heterocycles. The van der Waals surface area contributed by atoms with Crippen molar-refractivity contribution in [3.05, 3.63) is 34.1 Å². The molecule has 1 aromatic rings. The van der Waals surface area contributed by atoms with Crippen molar-refractivity contribution in [2.45, 2.75) is 13.5 Å². The van der Waals surface area contributed by atoms with Gasteiger partial charge in [0.2, 0.25) is 0 Å². The van der Waals surface area contributed by atoms with Crippen LogP contribution in [0.1, 0.15) is 12.5 Å². The van der Waals surface area contributed by atoms with Crippen LogP contribution >= 0.6 is 15.9 Å². The summed E-state index contributed by atoms with van der Waals surface area (Å²) in [7, 11) is -2.93. The number of sulfone groups is 1. The molecule has 0 saturated carbocycles. The van der Waals surface area contributed by atoms with Gasteiger partial charge in [-0.25, -0.2) is 12.8 Å². The lowest BCUT2D eigenvalue weighted by Gasteiger charge is -2.05. The second kappa shape index (κ2) is 6.47. The first kappa shape index (κ1) is 14.6. The Balaban J connectivity index is 2.39. The smallest absolute Gasteiger partial charge is 0.151 e. The van der Waals surface area contributed by atoms with E-state index in [4.69, 9.17) is 0 Å². The van der Waals surface area contributed by atoms with Crippen LogP contribution in [-0.2, 0) is 16.4 Å². The molecule has 0 bridgehead atoms. The van der Waals surface area contributed by atoms with E-state index in [1.807, 2.05) is 0 Å². The van der Waals surface area contributed by atoms with Crippen LogP contribution in [0.4, 0.5) is 4.39 Å². The Morgan fingerprint density at radius 1 is 1.41 bits per heavy atom. The van der Waals surface area contributed by atoms with Crippen molar-refractivity contribution in [1.82, 2.24) is 5.32 Å². The SMILES string of the molecule is CCS(=O)(=O)CCNCc1ccc(Br)c(F)c1. The van der Waals surface area contributed by atoms with Gasteiger partial charge in [-0.3, -0.25) is 0 Å². The molecule has 0 unspecified atom stereocenters. The summed E-state index contributed by atoms with van der Waals surface area (Å²) in [5.74, 6) is -0.0464. The van der Waals surface area contributed by atoms with Gasteiger partial charge in [0.15, 0.2) is 9.84 Å². The zero-order valence-electron chi connectivity index (χ0n) is 9.54. The van der Waals surface area contributed by atoms with Crippen LogP contribution in [0.25, 0.3) is 0 Å². The molecule has 17 heavy (non-hydrogen) atoms. The number of nitrogens with one attached hydrogen (secondary N) is 1. The van der Waals surface area contributed by atoms with Gasteiger partial charge in [-0.15, -0.1) is 0 Å². The van der Waals surface area contributed by atoms with Gasteiger partial charge in [0.05, 0.1) is 10.2 Å². The maximum absolute atomic E-state index is 13.2. The predicted octanol–water partition coefficient (Wildman–Crippen LogP) is 2.11. The second-order valence-electron chi connectivity index (χ2n) is 3.66. The first-order valence-corrected chi connectivity index (χ1v) is 7.91. The lowest BCUT2D eigenvalue weighted by atomic mass is 10.2. The van der Waals surface area contributed by atoms with Crippen molar-refractivity contribution < 1.29 is 12.8 Å². The van der Waals surface area contributed by atoms with Crippen molar-refractivity contribution >= 4 is 25.8 Å². The highest BCUT2D eigenvalue weighted by molar-refractivity contribution is 9.10. The highest BCUT2D eigenvalue weighted by Crippen LogP contribution is 2.16. The van der Waals surface area contributed by atoms with Crippen LogP contribution in [-0.4, -0.2) is 26.5 Å². The molecule has 0 aliphatic heterocycles. The molecule has 0 aromatic heterocycles. The Morgan fingerprint density at radius 3 is 2.71 bits per heavy atom. The van der Waals surface area contributed by atoms with Crippen LogP contribution < -0.4 is 5.32 Å². The summed E-state index contributed by atoms with van der Waals surface area (Å²) in [4.78, 5) is 0. The molecule has 0 aliphatic carbocycles. The summed E-state index contributed by atoms with van der Waals surface area (Å²) in [6.07, 6.45) is 0. The van der Waals surface area contributed by atoms with Gasteiger partial charge >= 0.3 is 0 Å². The van der Waals surface area contributed by atoms with Crippen molar-refractivity contribution in [2.24, 2.45) is 0 Å². The van der Waals surface area contributed by atoms with E-state index in [-0.39, 0.29) is 17.3 Å². The Morgan fingerprint density at radius 2 is 2.12 bits per heavy atom. The molecular formula is C11H15BrFNO2S. The van der Waals surface area contributed by atoms with Gasteiger partial charge < -0.3 is 5.32 Å². The molecule has 0 amide bonds. The number of benzene rings is 1. The average Bonchev–Trinajstić information content (AvgIpc) is 2.29. The minimum atomic E-state index is -2.93. The third-order valence-electron chi connectivity index (χ3n) is 2.34. The molecule has 6 heteroatoms. The maximum Gasteiger partial charge on any atom is 0.151 e. The Hall–Kier alpha value is -0.460. The quantitative estimate of drug-likeness (QED) is 0.816. The number of rotatable bonds is 6. The van der Waals surface area contributed by atoms with Gasteiger partial charge in [0.1, 0.15) is 5.82 Å². The molecule has 96 valence electrons. The van der Waals surface area contributed by atoms with E-state index < -0.39 is 9.84 Å². The van der Waals surface area contributed by atoms with E-state index in [2.05, 4.69) is 21.2 Å². The highest BCUT2D eigenvalue weighted by Gasteiger charge is 2.06. The minimum Gasteiger partial charge on any atom is -0.312 e. The molecule has 0 heterocycles. The van der Waals surface area contributed by atoms with Gasteiger partial charge in [-0.05, 0) is 33.6 Å². The van der Waals surface area contributed by atoms with Gasteiger partial charge in [-0.2, -0.15) is 0 Å². The van der Waals surface area contributed by atoms with E-state index in [0.717, 1.165) is 5.56 Å². The van der Waals surface area contributed by atoms with E-state index >= 15 is 0 Å². The molecule has 0 radical (unpaired) electrons. The third-order valence-corrected chi connectivity index (χ3v) is 4.69. The monoisotopic (exact) mass is 323 g/mol. The van der Waals surface area contributed by atoms with E-state index in [1.165, 1.54) is 6.07 Å². The summed E-state index contributed by atoms with van der Waals surface area (Å²) >= 11 is 3.07. The van der Waals surface area contributed by atoms with Gasteiger partial charge in [-0.1, -0.05) is 13.0 Å². The first-order chi connectivity index (χ1) is 7.94. The lowest BCUT2D eigenvalue weighted by Crippen LogP contribution is -2.23. The molecule has 0 aliphatic rings. The van der Waals surface area contributed by atoms with Crippen molar-refractivity contribution in [1.29, 1.82) is 0 Å². The van der Waals surface area contributed by atoms with Crippen molar-refractivity contribution in [3.8, 4) is 0 Å². The van der Waals surface area contributed by atoms with Crippen LogP contribution in [0.5, 0.6) is 0 Å². The fraction of sp³-hybridized carbons (Fsp3) is 0.455. The predicted molar refractivity (Wildman–Crippen MR) is 70.1 cm³/mol. The average molecular weight is 324 g/mol. The summed E-state index contributed by atoms with van der Waals surface area (Å²) in [6.45, 7) is 2.47. The molecule has 1 rings (SSSR count). The zero-order chi connectivity index (χ0) is 12.9. The van der Waals surface area contributed by atoms with Crippen molar-refractivity contribution in [3.63, 3.8) is 0 Å². The molecule has 1 N–H and O–H groups in total. The van der Waals surface area contributed by atoms with Crippen LogP contribution in [0.15, 0.2) is 22.7 Å². The Bertz CT molecular complexity index is 476. The van der Waals surface area contributed by atoms with E-state index in [1.54, 1.807) is 19.1 Å². The van der Waals surface area contributed by atoms with Gasteiger partial charge in [0.25, 0.3) is 0 Å². The van der Waals surface area contributed by atoms with E-state index in [9.17, 15) is 12.8 Å². The summed E-state index contributed by atoms with van der Waals surface area (Å²) in [6, 6.07) is 4.84. The highest BCUT2D eigenvalue weighted by atomic mass is 79.9. The number of halogens is 2. The van der Waals surface area contributed by atoms with Crippen molar-refractivity contribution in [2.75, 3.05) is 18.1 Å². The second-order valence-corrected chi connectivity index (χ2v) is 6.99. The topological polar surface area (TPSA) is 46.2 Å². The zero-order valence-corrected chi connectivity index (χ0v) is 11.9. The van der Waals surface area contributed by atoms with Gasteiger partial charge in [0, 0.05) is 18.8 Å². The number of hydrogen-bond donors (Lipinski definition) is 1. The molecule has 1 aromatic carbocycles. The Kier molecular flexibility index (Phi) is 5.55. The fourth-order valence-electron chi connectivity index (χ4n) is 1.25. The lowest BCUT2D eigenvalue weighted by molar-refractivity contribution is 0.590. The molecule has 3 nitrogen and oxygen atoms in total. The fourth-order valence-corrected chi connectivity index (χ4v) is 2.24. The largest absolute Gasteiger partial charge is 0.312 e. The van der Waals surface area contributed by atoms with E-state index in [0.29, 0.717) is 17.6 Å². The third kappa shape index (κ3) is 5.14. The first-order valence-electron chi connectivity index (χ1n) is 5.29. The summed E-state index contributed by atoms with van der Waals surface area (Å²) in [5, 5.41) is 2.98. The molecule has 0 spiro atoms. The normalized spacial score (nSPS) is 11.7. The standard InChI is InChI=1S/C11H15BrFNO2S/c1-2-17(15,16)6-5-14-8-9-3-4-10(12)11(13)7-9/h3-4,7,14H,2,5-6,8H2,1H3. The summed E-state index contributed by atoms with van der Waals surface area (Å²) in [5.41, 5.74) is 0.791. The molecule has 0 atom stereocenters. The number of hydrogen-bond acceptors (Lipinski definition) is 3.